The topological polar surface area (TPSA) is 85.8 Å². The fraction of sp³-hybridized carbons (Fsp3) is 0.500. The number of nitrogens with one attached hydrogen (secondary N) is 1. The molecule has 1 aromatic heterocycles. The molecule has 1 aromatic carbocycles. The zero-order valence-corrected chi connectivity index (χ0v) is 15.3. The number of rotatable bonds is 5. The Balaban J connectivity index is 0.00000225. The van der Waals surface area contributed by atoms with E-state index in [-0.39, 0.29) is 30.8 Å². The van der Waals surface area contributed by atoms with Crippen molar-refractivity contribution < 1.29 is 4.79 Å². The van der Waals surface area contributed by atoms with E-state index in [4.69, 9.17) is 5.73 Å². The van der Waals surface area contributed by atoms with Crippen LogP contribution in [-0.4, -0.2) is 33.5 Å². The van der Waals surface area contributed by atoms with Gasteiger partial charge in [0.25, 0.3) is 0 Å². The second-order valence-corrected chi connectivity index (χ2v) is 6.50. The van der Waals surface area contributed by atoms with Crippen LogP contribution in [0.4, 0.5) is 0 Å². The van der Waals surface area contributed by atoms with Gasteiger partial charge in [0.2, 0.25) is 5.91 Å². The Bertz CT molecular complexity index is 688. The lowest BCUT2D eigenvalue weighted by atomic mass is 9.84. The first-order valence-corrected chi connectivity index (χ1v) is 8.65. The highest BCUT2D eigenvalue weighted by atomic mass is 35.5. The van der Waals surface area contributed by atoms with E-state index in [2.05, 4.69) is 15.6 Å². The lowest BCUT2D eigenvalue weighted by Gasteiger charge is -2.31. The molecule has 1 aliphatic rings. The third-order valence-corrected chi connectivity index (χ3v) is 4.88. The van der Waals surface area contributed by atoms with Crippen molar-refractivity contribution in [1.82, 2.24) is 20.3 Å². The summed E-state index contributed by atoms with van der Waals surface area (Å²) in [5, 5.41) is 11.5. The lowest BCUT2D eigenvalue weighted by Crippen LogP contribution is -2.45. The minimum atomic E-state index is 0. The van der Waals surface area contributed by atoms with Crippen LogP contribution in [0.25, 0.3) is 5.69 Å². The lowest BCUT2D eigenvalue weighted by molar-refractivity contribution is -0.121. The Labute approximate surface area is 154 Å². The molecule has 0 saturated heterocycles. The molecule has 1 heterocycles. The van der Waals surface area contributed by atoms with Gasteiger partial charge in [-0.15, -0.1) is 17.5 Å². The van der Waals surface area contributed by atoms with Gasteiger partial charge in [0, 0.05) is 6.04 Å². The van der Waals surface area contributed by atoms with Crippen molar-refractivity contribution in [2.75, 3.05) is 6.54 Å². The predicted octanol–water partition coefficient (Wildman–Crippen LogP) is 2.17. The Morgan fingerprint density at radius 3 is 2.72 bits per heavy atom. The minimum absolute atomic E-state index is 0. The highest BCUT2D eigenvalue weighted by molar-refractivity contribution is 5.85. The van der Waals surface area contributed by atoms with Crippen LogP contribution >= 0.6 is 12.4 Å². The summed E-state index contributed by atoms with van der Waals surface area (Å²) < 4.78 is 1.77. The normalized spacial score (nSPS) is 19.9. The number of hydrogen-bond acceptors (Lipinski definition) is 4. The molecule has 2 aromatic rings. The number of halogens is 1. The predicted molar refractivity (Wildman–Crippen MR) is 100.0 cm³/mol. The molecule has 3 rings (SSSR count). The van der Waals surface area contributed by atoms with Crippen LogP contribution in [-0.2, 0) is 11.2 Å². The summed E-state index contributed by atoms with van der Waals surface area (Å²) in [4.78, 5) is 12.4. The largest absolute Gasteiger partial charge is 0.353 e. The molecule has 1 amide bonds. The number of carbonyl (C=O) groups is 1. The van der Waals surface area contributed by atoms with Gasteiger partial charge in [0.05, 0.1) is 23.5 Å². The monoisotopic (exact) mass is 363 g/mol. The molecule has 1 saturated carbocycles. The first kappa shape index (κ1) is 19.4. The highest BCUT2D eigenvalue weighted by Crippen LogP contribution is 2.23. The van der Waals surface area contributed by atoms with Gasteiger partial charge in [-0.25, -0.2) is 4.68 Å². The van der Waals surface area contributed by atoms with E-state index in [0.717, 1.165) is 36.3 Å². The Hall–Kier alpha value is -1.92. The molecule has 0 aliphatic heterocycles. The molecule has 0 bridgehead atoms. The van der Waals surface area contributed by atoms with Gasteiger partial charge in [-0.2, -0.15) is 0 Å². The molecule has 136 valence electrons. The molecule has 7 heteroatoms. The molecule has 6 nitrogen and oxygen atoms in total. The fourth-order valence-corrected chi connectivity index (χ4v) is 3.43. The number of carbonyl (C=O) groups excluding carboxylic acids is 1. The summed E-state index contributed by atoms with van der Waals surface area (Å²) in [7, 11) is 0. The van der Waals surface area contributed by atoms with Gasteiger partial charge in [-0.3, -0.25) is 4.79 Å². The van der Waals surface area contributed by atoms with Crippen LogP contribution in [0.15, 0.2) is 30.3 Å². The fourth-order valence-electron chi connectivity index (χ4n) is 3.43. The van der Waals surface area contributed by atoms with E-state index >= 15 is 0 Å². The second kappa shape index (κ2) is 8.97. The van der Waals surface area contributed by atoms with Crippen LogP contribution in [0, 0.1) is 12.8 Å². The van der Waals surface area contributed by atoms with Gasteiger partial charge in [0.15, 0.2) is 0 Å². The second-order valence-electron chi connectivity index (χ2n) is 6.50. The maximum absolute atomic E-state index is 12.4. The van der Waals surface area contributed by atoms with Crippen molar-refractivity contribution in [2.45, 2.75) is 45.1 Å². The molecule has 2 atom stereocenters. The van der Waals surface area contributed by atoms with Crippen molar-refractivity contribution in [1.29, 1.82) is 0 Å². The van der Waals surface area contributed by atoms with Gasteiger partial charge in [-0.1, -0.05) is 36.3 Å². The van der Waals surface area contributed by atoms with E-state index in [1.54, 1.807) is 4.68 Å². The average molecular weight is 364 g/mol. The van der Waals surface area contributed by atoms with Gasteiger partial charge in [-0.05, 0) is 44.4 Å². The van der Waals surface area contributed by atoms with E-state index in [0.29, 0.717) is 12.5 Å². The van der Waals surface area contributed by atoms with Crippen molar-refractivity contribution in [2.24, 2.45) is 11.7 Å². The number of nitrogens with zero attached hydrogens (tertiary/aromatic N) is 3. The molecule has 0 spiro atoms. The summed E-state index contributed by atoms with van der Waals surface area (Å²) in [6, 6.07) is 10.0. The van der Waals surface area contributed by atoms with Crippen molar-refractivity contribution >= 4 is 18.3 Å². The van der Waals surface area contributed by atoms with Crippen molar-refractivity contribution in [3.63, 3.8) is 0 Å². The minimum Gasteiger partial charge on any atom is -0.353 e. The highest BCUT2D eigenvalue weighted by Gasteiger charge is 2.25. The molecular formula is C18H26ClN5O. The van der Waals surface area contributed by atoms with Gasteiger partial charge < -0.3 is 11.1 Å². The number of amides is 1. The van der Waals surface area contributed by atoms with Crippen LogP contribution in [0.2, 0.25) is 0 Å². The summed E-state index contributed by atoms with van der Waals surface area (Å²) in [6.45, 7) is 2.58. The van der Waals surface area contributed by atoms with Gasteiger partial charge in [0.1, 0.15) is 0 Å². The molecular weight excluding hydrogens is 338 g/mol. The number of para-hydroxylation sites is 1. The third kappa shape index (κ3) is 4.58. The van der Waals surface area contributed by atoms with Crippen LogP contribution in [0.1, 0.15) is 37.1 Å². The zero-order valence-electron chi connectivity index (χ0n) is 14.5. The Morgan fingerprint density at radius 1 is 1.28 bits per heavy atom. The van der Waals surface area contributed by atoms with Crippen LogP contribution in [0.5, 0.6) is 0 Å². The zero-order chi connectivity index (χ0) is 16.9. The van der Waals surface area contributed by atoms with Crippen molar-refractivity contribution in [3.05, 3.63) is 41.7 Å². The van der Waals surface area contributed by atoms with E-state index < -0.39 is 0 Å². The Morgan fingerprint density at radius 2 is 2.00 bits per heavy atom. The standard InChI is InChI=1S/C18H25N5O.ClH/c1-13-17(21-22-23(13)15-8-3-2-4-9-15)11-18(24)20-16-10-6-5-7-14(16)12-19;/h2-4,8-9,14,16H,5-7,10-12,19H2,1H3,(H,20,24);1H. The summed E-state index contributed by atoms with van der Waals surface area (Å²) in [5.41, 5.74) is 8.40. The first-order chi connectivity index (χ1) is 11.7. The SMILES string of the molecule is Cc1c(CC(=O)NC2CCCCC2CN)nnn1-c1ccccc1.Cl. The van der Waals surface area contributed by atoms with Crippen LogP contribution in [0.3, 0.4) is 0 Å². The number of benzene rings is 1. The molecule has 1 fully saturated rings. The number of hydrogen-bond donors (Lipinski definition) is 2. The smallest absolute Gasteiger partial charge is 0.226 e. The molecule has 1 aliphatic carbocycles. The average Bonchev–Trinajstić information content (AvgIpc) is 2.97. The van der Waals surface area contributed by atoms with E-state index in [9.17, 15) is 4.79 Å². The Kier molecular flexibility index (Phi) is 6.96. The quantitative estimate of drug-likeness (QED) is 0.852. The summed E-state index contributed by atoms with van der Waals surface area (Å²) >= 11 is 0. The molecule has 3 N–H and O–H groups in total. The molecule has 25 heavy (non-hydrogen) atoms. The maximum Gasteiger partial charge on any atom is 0.226 e. The first-order valence-electron chi connectivity index (χ1n) is 8.65. The van der Waals surface area contributed by atoms with E-state index in [1.165, 1.54) is 6.42 Å². The third-order valence-electron chi connectivity index (χ3n) is 4.88. The summed E-state index contributed by atoms with van der Waals surface area (Å²) in [6.07, 6.45) is 4.74. The van der Waals surface area contributed by atoms with Crippen LogP contribution < -0.4 is 11.1 Å². The molecule has 0 radical (unpaired) electrons. The number of nitrogens with two attached hydrogens (primary N) is 1. The van der Waals surface area contributed by atoms with E-state index in [1.807, 2.05) is 37.3 Å². The maximum atomic E-state index is 12.4. The summed E-state index contributed by atoms with van der Waals surface area (Å²) in [5.74, 6) is 0.396. The molecule has 2 unspecified atom stereocenters. The van der Waals surface area contributed by atoms with Gasteiger partial charge >= 0.3 is 0 Å². The number of aromatic nitrogens is 3. The van der Waals surface area contributed by atoms with Crippen molar-refractivity contribution in [3.8, 4) is 5.69 Å².